The summed E-state index contributed by atoms with van der Waals surface area (Å²) in [6, 6.07) is 9.57. The predicted molar refractivity (Wildman–Crippen MR) is 120 cm³/mol. The molecule has 0 atom stereocenters. The standard InChI is InChI=1S/C22H27FN4O3S/c1-26(10-7-16-15-25-20-13-17(23)3-5-19(16)20)31(28,29)18-4-6-22(30-2)21(14-18)27-11-8-24-9-12-27/h3-6,13-15,24-25H,7-12H2,1-2H3. The van der Waals surface area contributed by atoms with Gasteiger partial charge in [0.1, 0.15) is 11.6 Å². The minimum absolute atomic E-state index is 0.241. The third-order valence-electron chi connectivity index (χ3n) is 5.74. The van der Waals surface area contributed by atoms with E-state index in [0.29, 0.717) is 24.2 Å². The normalized spacial score (nSPS) is 15.0. The Morgan fingerprint density at radius 1 is 1.16 bits per heavy atom. The number of aromatic amines is 1. The van der Waals surface area contributed by atoms with Gasteiger partial charge in [-0.25, -0.2) is 17.1 Å². The number of methoxy groups -OCH3 is 1. The molecule has 166 valence electrons. The van der Waals surface area contributed by atoms with Crippen LogP contribution in [0.1, 0.15) is 5.56 Å². The first-order valence-electron chi connectivity index (χ1n) is 10.3. The zero-order valence-electron chi connectivity index (χ0n) is 17.7. The van der Waals surface area contributed by atoms with Gasteiger partial charge in [-0.05, 0) is 48.4 Å². The second-order valence-corrected chi connectivity index (χ2v) is 9.70. The van der Waals surface area contributed by atoms with Gasteiger partial charge in [-0.15, -0.1) is 0 Å². The van der Waals surface area contributed by atoms with Crippen LogP contribution >= 0.6 is 0 Å². The Labute approximate surface area is 181 Å². The fourth-order valence-electron chi connectivity index (χ4n) is 3.93. The molecule has 1 aromatic heterocycles. The zero-order chi connectivity index (χ0) is 22.0. The van der Waals surface area contributed by atoms with E-state index in [9.17, 15) is 12.8 Å². The first-order valence-corrected chi connectivity index (χ1v) is 11.7. The van der Waals surface area contributed by atoms with Crippen molar-refractivity contribution in [3.05, 3.63) is 54.0 Å². The number of nitrogens with one attached hydrogen (secondary N) is 2. The third-order valence-corrected chi connectivity index (χ3v) is 7.59. The van der Waals surface area contributed by atoms with E-state index in [2.05, 4.69) is 15.2 Å². The van der Waals surface area contributed by atoms with Crippen molar-refractivity contribution in [1.82, 2.24) is 14.6 Å². The van der Waals surface area contributed by atoms with Gasteiger partial charge >= 0.3 is 0 Å². The number of aromatic nitrogens is 1. The molecule has 2 N–H and O–H groups in total. The molecule has 0 aliphatic carbocycles. The van der Waals surface area contributed by atoms with Crippen LogP contribution in [0.4, 0.5) is 10.1 Å². The predicted octanol–water partition coefficient (Wildman–Crippen LogP) is 2.59. The van der Waals surface area contributed by atoms with Crippen LogP contribution in [0, 0.1) is 5.82 Å². The SMILES string of the molecule is COc1ccc(S(=O)(=O)N(C)CCc2c[nH]c3cc(F)ccc23)cc1N1CCNCC1. The molecule has 0 amide bonds. The molecule has 1 fully saturated rings. The highest BCUT2D eigenvalue weighted by Gasteiger charge is 2.24. The van der Waals surface area contributed by atoms with Crippen molar-refractivity contribution in [2.24, 2.45) is 0 Å². The average Bonchev–Trinajstić information content (AvgIpc) is 3.19. The molecule has 7 nitrogen and oxygen atoms in total. The Balaban J connectivity index is 1.54. The van der Waals surface area contributed by atoms with Gasteiger partial charge < -0.3 is 19.9 Å². The second-order valence-electron chi connectivity index (χ2n) is 7.65. The van der Waals surface area contributed by atoms with Gasteiger partial charge in [0.25, 0.3) is 0 Å². The van der Waals surface area contributed by atoms with Crippen molar-refractivity contribution in [2.75, 3.05) is 51.8 Å². The van der Waals surface area contributed by atoms with Gasteiger partial charge in [0, 0.05) is 56.9 Å². The van der Waals surface area contributed by atoms with E-state index < -0.39 is 10.0 Å². The number of benzene rings is 2. The second kappa shape index (κ2) is 8.86. The van der Waals surface area contributed by atoms with Gasteiger partial charge in [-0.1, -0.05) is 0 Å². The molecule has 1 aliphatic heterocycles. The van der Waals surface area contributed by atoms with Crippen LogP contribution in [0.5, 0.6) is 5.75 Å². The minimum atomic E-state index is -3.67. The summed E-state index contributed by atoms with van der Waals surface area (Å²) in [5.74, 6) is 0.356. The number of likely N-dealkylation sites (N-methyl/N-ethyl adjacent to an activating group) is 1. The Bertz CT molecular complexity index is 1170. The summed E-state index contributed by atoms with van der Waals surface area (Å²) in [5, 5.41) is 4.20. The highest BCUT2D eigenvalue weighted by Crippen LogP contribution is 2.32. The maximum Gasteiger partial charge on any atom is 0.242 e. The van der Waals surface area contributed by atoms with E-state index in [1.54, 1.807) is 44.6 Å². The van der Waals surface area contributed by atoms with E-state index in [0.717, 1.165) is 42.8 Å². The molecule has 3 aromatic rings. The van der Waals surface area contributed by atoms with E-state index in [4.69, 9.17) is 4.74 Å². The maximum absolute atomic E-state index is 13.4. The largest absolute Gasteiger partial charge is 0.495 e. The molecule has 2 heterocycles. The number of hydrogen-bond donors (Lipinski definition) is 2. The summed E-state index contributed by atoms with van der Waals surface area (Å²) >= 11 is 0. The maximum atomic E-state index is 13.4. The number of fused-ring (bicyclic) bond motifs is 1. The van der Waals surface area contributed by atoms with Crippen LogP contribution < -0.4 is 15.0 Å². The Morgan fingerprint density at radius 2 is 1.94 bits per heavy atom. The first-order chi connectivity index (χ1) is 14.9. The summed E-state index contributed by atoms with van der Waals surface area (Å²) in [7, 11) is -0.499. The number of sulfonamides is 1. The number of rotatable bonds is 7. The lowest BCUT2D eigenvalue weighted by atomic mass is 10.1. The van der Waals surface area contributed by atoms with Crippen molar-refractivity contribution < 1.29 is 17.5 Å². The summed E-state index contributed by atoms with van der Waals surface area (Å²) < 4.78 is 46.7. The molecule has 0 spiro atoms. The van der Waals surface area contributed by atoms with Crippen molar-refractivity contribution in [3.8, 4) is 5.75 Å². The molecular weight excluding hydrogens is 419 g/mol. The fraction of sp³-hybridized carbons (Fsp3) is 0.364. The number of nitrogens with zero attached hydrogens (tertiary/aromatic N) is 2. The molecule has 9 heteroatoms. The van der Waals surface area contributed by atoms with Crippen LogP contribution in [0.2, 0.25) is 0 Å². The Hall–Kier alpha value is -2.62. The van der Waals surface area contributed by atoms with Gasteiger partial charge in [0.05, 0.1) is 17.7 Å². The molecule has 4 rings (SSSR count). The van der Waals surface area contributed by atoms with Crippen LogP contribution in [0.3, 0.4) is 0 Å². The van der Waals surface area contributed by atoms with E-state index in [1.165, 1.54) is 16.4 Å². The van der Waals surface area contributed by atoms with Crippen molar-refractivity contribution >= 4 is 26.6 Å². The lowest BCUT2D eigenvalue weighted by Crippen LogP contribution is -2.43. The molecule has 0 radical (unpaired) electrons. The lowest BCUT2D eigenvalue weighted by molar-refractivity contribution is 0.412. The molecule has 0 bridgehead atoms. The smallest absolute Gasteiger partial charge is 0.242 e. The van der Waals surface area contributed by atoms with Gasteiger partial charge in [-0.3, -0.25) is 0 Å². The van der Waals surface area contributed by atoms with E-state index in [1.807, 2.05) is 0 Å². The summed E-state index contributed by atoms with van der Waals surface area (Å²) in [6.45, 7) is 3.57. The molecular formula is C22H27FN4O3S. The highest BCUT2D eigenvalue weighted by molar-refractivity contribution is 7.89. The molecule has 0 unspecified atom stereocenters. The number of halogens is 1. The van der Waals surface area contributed by atoms with Crippen molar-refractivity contribution in [3.63, 3.8) is 0 Å². The fourth-order valence-corrected chi connectivity index (χ4v) is 5.12. The molecule has 1 aliphatic rings. The number of anilines is 1. The van der Waals surface area contributed by atoms with Crippen molar-refractivity contribution in [2.45, 2.75) is 11.3 Å². The number of ether oxygens (including phenoxy) is 1. The highest BCUT2D eigenvalue weighted by atomic mass is 32.2. The summed E-state index contributed by atoms with van der Waals surface area (Å²) in [4.78, 5) is 5.43. The first kappa shape index (κ1) is 21.6. The van der Waals surface area contributed by atoms with Crippen LogP contribution in [0.15, 0.2) is 47.5 Å². The molecule has 31 heavy (non-hydrogen) atoms. The molecule has 0 saturated carbocycles. The Morgan fingerprint density at radius 3 is 2.68 bits per heavy atom. The Kier molecular flexibility index (Phi) is 6.17. The van der Waals surface area contributed by atoms with Crippen LogP contribution in [0.25, 0.3) is 10.9 Å². The zero-order valence-corrected chi connectivity index (χ0v) is 18.5. The number of H-pyrrole nitrogens is 1. The van der Waals surface area contributed by atoms with E-state index >= 15 is 0 Å². The summed E-state index contributed by atoms with van der Waals surface area (Å²) in [6.07, 6.45) is 2.32. The number of hydrogen-bond acceptors (Lipinski definition) is 5. The lowest BCUT2D eigenvalue weighted by Gasteiger charge is -2.31. The number of piperazine rings is 1. The van der Waals surface area contributed by atoms with E-state index in [-0.39, 0.29) is 10.7 Å². The quantitative estimate of drug-likeness (QED) is 0.583. The van der Waals surface area contributed by atoms with Crippen LogP contribution in [-0.4, -0.2) is 64.6 Å². The minimum Gasteiger partial charge on any atom is -0.495 e. The summed E-state index contributed by atoms with van der Waals surface area (Å²) in [5.41, 5.74) is 2.45. The average molecular weight is 447 g/mol. The monoisotopic (exact) mass is 446 g/mol. The molecule has 2 aromatic carbocycles. The molecule has 1 saturated heterocycles. The van der Waals surface area contributed by atoms with Gasteiger partial charge in [0.2, 0.25) is 10.0 Å². The van der Waals surface area contributed by atoms with Crippen LogP contribution in [-0.2, 0) is 16.4 Å². The third kappa shape index (κ3) is 4.39. The van der Waals surface area contributed by atoms with Gasteiger partial charge in [0.15, 0.2) is 0 Å². The van der Waals surface area contributed by atoms with Gasteiger partial charge in [-0.2, -0.15) is 0 Å². The topological polar surface area (TPSA) is 77.7 Å². The van der Waals surface area contributed by atoms with Crippen molar-refractivity contribution in [1.29, 1.82) is 0 Å².